The summed E-state index contributed by atoms with van der Waals surface area (Å²) in [7, 11) is 0. The van der Waals surface area contributed by atoms with E-state index >= 15 is 0 Å². The summed E-state index contributed by atoms with van der Waals surface area (Å²) in [5.41, 5.74) is -0.732. The molecular formula is C12H17FN2O3. The first-order chi connectivity index (χ1) is 8.45. The Morgan fingerprint density at radius 3 is 2.72 bits per heavy atom. The first-order valence-corrected chi connectivity index (χ1v) is 6.07. The summed E-state index contributed by atoms with van der Waals surface area (Å²) >= 11 is 0. The van der Waals surface area contributed by atoms with Crippen molar-refractivity contribution in [1.82, 2.24) is 9.55 Å². The van der Waals surface area contributed by atoms with Gasteiger partial charge in [0.15, 0.2) is 12.4 Å². The third-order valence-corrected chi connectivity index (χ3v) is 3.50. The second-order valence-corrected chi connectivity index (χ2v) is 4.76. The number of alkyl halides is 1. The smallest absolute Gasteiger partial charge is 0.330 e. The van der Waals surface area contributed by atoms with Gasteiger partial charge < -0.3 is 4.74 Å². The van der Waals surface area contributed by atoms with Crippen LogP contribution in [-0.4, -0.2) is 21.8 Å². The summed E-state index contributed by atoms with van der Waals surface area (Å²) in [5.74, 6) is -0.265. The van der Waals surface area contributed by atoms with Gasteiger partial charge in [0.25, 0.3) is 5.56 Å². The number of aryl methyl sites for hydroxylation is 1. The van der Waals surface area contributed by atoms with Crippen molar-refractivity contribution in [2.45, 2.75) is 45.7 Å². The third kappa shape index (κ3) is 2.01. The Labute approximate surface area is 104 Å². The number of nitrogens with zero attached hydrogens (tertiary/aromatic N) is 1. The Bertz CT molecular complexity index is 551. The van der Waals surface area contributed by atoms with Crippen LogP contribution in [0.5, 0.6) is 0 Å². The molecule has 4 atom stereocenters. The second-order valence-electron chi connectivity index (χ2n) is 4.76. The molecule has 0 aromatic carbocycles. The van der Waals surface area contributed by atoms with E-state index in [1.807, 2.05) is 6.92 Å². The van der Waals surface area contributed by atoms with Gasteiger partial charge in [0, 0.05) is 17.7 Å². The minimum absolute atomic E-state index is 0.205. The maximum Gasteiger partial charge on any atom is 0.330 e. The summed E-state index contributed by atoms with van der Waals surface area (Å²) in [6, 6.07) is 0. The lowest BCUT2D eigenvalue weighted by molar-refractivity contribution is -0.0237. The van der Waals surface area contributed by atoms with E-state index in [1.165, 1.54) is 6.20 Å². The predicted molar refractivity (Wildman–Crippen MR) is 64.3 cm³/mol. The van der Waals surface area contributed by atoms with E-state index in [0.29, 0.717) is 12.0 Å². The molecule has 0 unspecified atom stereocenters. The number of H-pyrrole nitrogens is 1. The van der Waals surface area contributed by atoms with Crippen LogP contribution in [0.2, 0.25) is 0 Å². The van der Waals surface area contributed by atoms with Crippen LogP contribution in [0.1, 0.15) is 32.1 Å². The quantitative estimate of drug-likeness (QED) is 0.862. The summed E-state index contributed by atoms with van der Waals surface area (Å²) in [6.07, 6.45) is -0.367. The van der Waals surface area contributed by atoms with E-state index in [-0.39, 0.29) is 12.0 Å². The zero-order valence-electron chi connectivity index (χ0n) is 10.6. The van der Waals surface area contributed by atoms with Crippen LogP contribution in [0.25, 0.3) is 0 Å². The molecule has 0 radical (unpaired) electrons. The molecule has 0 spiro atoms. The molecule has 6 heteroatoms. The lowest BCUT2D eigenvalue weighted by Gasteiger charge is -2.16. The number of nitrogens with one attached hydrogen (secondary N) is 1. The fourth-order valence-corrected chi connectivity index (χ4v) is 2.30. The molecule has 0 amide bonds. The van der Waals surface area contributed by atoms with Crippen molar-refractivity contribution in [3.8, 4) is 0 Å². The van der Waals surface area contributed by atoms with Gasteiger partial charge in [0.05, 0.1) is 6.10 Å². The van der Waals surface area contributed by atoms with Crippen LogP contribution in [0.4, 0.5) is 4.39 Å². The molecular weight excluding hydrogens is 239 g/mol. The largest absolute Gasteiger partial charge is 0.351 e. The highest BCUT2D eigenvalue weighted by Crippen LogP contribution is 2.36. The number of aromatic amines is 1. The fourth-order valence-electron chi connectivity index (χ4n) is 2.30. The van der Waals surface area contributed by atoms with E-state index in [0.717, 1.165) is 4.57 Å². The van der Waals surface area contributed by atoms with E-state index in [1.54, 1.807) is 13.8 Å². The third-order valence-electron chi connectivity index (χ3n) is 3.50. The highest BCUT2D eigenvalue weighted by molar-refractivity contribution is 5.02. The number of halogens is 1. The van der Waals surface area contributed by atoms with Gasteiger partial charge in [0.2, 0.25) is 0 Å². The Morgan fingerprint density at radius 2 is 2.17 bits per heavy atom. The minimum Gasteiger partial charge on any atom is -0.351 e. The molecule has 1 aliphatic heterocycles. The monoisotopic (exact) mass is 256 g/mol. The standard InChI is InChI=1S/C12H17FN2O3/c1-4-8-7(3)9(13)11(18-8)15-5-6(2)10(16)14-12(15)17/h5,7-9,11H,4H2,1-3H3,(H,14,16,17)/t7-,8-,9-,11-/m1/s1. The Hall–Kier alpha value is -1.43. The molecule has 0 bridgehead atoms. The summed E-state index contributed by atoms with van der Waals surface area (Å²) in [6.45, 7) is 5.25. The fraction of sp³-hybridized carbons (Fsp3) is 0.667. The summed E-state index contributed by atoms with van der Waals surface area (Å²) in [5, 5.41) is 0. The van der Waals surface area contributed by atoms with Crippen molar-refractivity contribution in [2.75, 3.05) is 0 Å². The molecule has 0 saturated carbocycles. The van der Waals surface area contributed by atoms with Gasteiger partial charge in [-0.1, -0.05) is 13.8 Å². The van der Waals surface area contributed by atoms with E-state index < -0.39 is 23.6 Å². The molecule has 2 heterocycles. The van der Waals surface area contributed by atoms with Crippen molar-refractivity contribution in [1.29, 1.82) is 0 Å². The maximum absolute atomic E-state index is 14.1. The molecule has 100 valence electrons. The van der Waals surface area contributed by atoms with Crippen molar-refractivity contribution in [3.05, 3.63) is 32.6 Å². The molecule has 1 aromatic rings. The van der Waals surface area contributed by atoms with E-state index in [2.05, 4.69) is 4.98 Å². The normalized spacial score (nSPS) is 31.8. The van der Waals surface area contributed by atoms with Crippen LogP contribution < -0.4 is 11.2 Å². The lowest BCUT2D eigenvalue weighted by Crippen LogP contribution is -2.35. The van der Waals surface area contributed by atoms with Gasteiger partial charge in [-0.3, -0.25) is 14.3 Å². The first kappa shape index (κ1) is 13.0. The van der Waals surface area contributed by atoms with E-state index in [9.17, 15) is 14.0 Å². The molecule has 1 N–H and O–H groups in total. The molecule has 1 aromatic heterocycles. The van der Waals surface area contributed by atoms with Crippen LogP contribution >= 0.6 is 0 Å². The topological polar surface area (TPSA) is 64.1 Å². The van der Waals surface area contributed by atoms with Crippen molar-refractivity contribution in [3.63, 3.8) is 0 Å². The molecule has 0 aliphatic carbocycles. The molecule has 5 nitrogen and oxygen atoms in total. The SMILES string of the molecule is CC[C@H]1O[C@@H](n2cc(C)c(=O)[nH]c2=O)[C@H](F)[C@@H]1C. The number of hydrogen-bond acceptors (Lipinski definition) is 3. The zero-order valence-corrected chi connectivity index (χ0v) is 10.6. The van der Waals surface area contributed by atoms with Gasteiger partial charge in [-0.15, -0.1) is 0 Å². The molecule has 1 aliphatic rings. The lowest BCUT2D eigenvalue weighted by atomic mass is 10.00. The second kappa shape index (κ2) is 4.68. The van der Waals surface area contributed by atoms with Gasteiger partial charge in [-0.25, -0.2) is 9.18 Å². The van der Waals surface area contributed by atoms with Crippen molar-refractivity contribution >= 4 is 0 Å². The van der Waals surface area contributed by atoms with Gasteiger partial charge in [-0.2, -0.15) is 0 Å². The van der Waals surface area contributed by atoms with E-state index in [4.69, 9.17) is 4.74 Å². The maximum atomic E-state index is 14.1. The Kier molecular flexibility index (Phi) is 3.38. The number of aromatic nitrogens is 2. The molecule has 1 fully saturated rings. The number of hydrogen-bond donors (Lipinski definition) is 1. The van der Waals surface area contributed by atoms with Gasteiger partial charge in [-0.05, 0) is 13.3 Å². The van der Waals surface area contributed by atoms with Crippen LogP contribution in [-0.2, 0) is 4.74 Å². The molecule has 18 heavy (non-hydrogen) atoms. The summed E-state index contributed by atoms with van der Waals surface area (Å²) < 4.78 is 20.8. The van der Waals surface area contributed by atoms with Crippen molar-refractivity contribution < 1.29 is 9.13 Å². The average molecular weight is 256 g/mol. The number of rotatable bonds is 2. The molecule has 2 rings (SSSR count). The van der Waals surface area contributed by atoms with Crippen molar-refractivity contribution in [2.24, 2.45) is 5.92 Å². The Balaban J connectivity index is 2.42. The van der Waals surface area contributed by atoms with Gasteiger partial charge >= 0.3 is 5.69 Å². The minimum atomic E-state index is -1.25. The average Bonchev–Trinajstić information content (AvgIpc) is 2.61. The highest BCUT2D eigenvalue weighted by atomic mass is 19.1. The van der Waals surface area contributed by atoms with Crippen LogP contribution in [0.15, 0.2) is 15.8 Å². The van der Waals surface area contributed by atoms with Crippen LogP contribution in [0.3, 0.4) is 0 Å². The highest BCUT2D eigenvalue weighted by Gasteiger charge is 2.42. The Morgan fingerprint density at radius 1 is 1.50 bits per heavy atom. The summed E-state index contributed by atoms with van der Waals surface area (Å²) in [4.78, 5) is 25.1. The number of ether oxygens (including phenoxy) is 1. The van der Waals surface area contributed by atoms with Gasteiger partial charge in [0.1, 0.15) is 0 Å². The predicted octanol–water partition coefficient (Wildman–Crippen LogP) is 1.13. The zero-order chi connectivity index (χ0) is 13.4. The van der Waals surface area contributed by atoms with Crippen LogP contribution in [0, 0.1) is 12.8 Å². The molecule has 1 saturated heterocycles. The first-order valence-electron chi connectivity index (χ1n) is 6.07.